The second-order valence-electron chi connectivity index (χ2n) is 6.84. The molecule has 0 spiro atoms. The number of aromatic nitrogens is 2. The van der Waals surface area contributed by atoms with Crippen LogP contribution in [0.25, 0.3) is 10.9 Å². The van der Waals surface area contributed by atoms with E-state index >= 15 is 0 Å². The number of methoxy groups -OCH3 is 2. The van der Waals surface area contributed by atoms with Gasteiger partial charge < -0.3 is 14.4 Å². The zero-order valence-electron chi connectivity index (χ0n) is 16.6. The van der Waals surface area contributed by atoms with E-state index in [-0.39, 0.29) is 17.8 Å². The SMILES string of the molecule is COc1cc2c(=O)n(Cc3ccccc3)c(=O)n(CCN(C)C)c2cc1OC. The van der Waals surface area contributed by atoms with E-state index in [9.17, 15) is 9.59 Å². The molecule has 1 heterocycles. The maximum absolute atomic E-state index is 13.2. The molecule has 148 valence electrons. The van der Waals surface area contributed by atoms with Gasteiger partial charge in [-0.05, 0) is 25.7 Å². The molecule has 7 heteroatoms. The first-order chi connectivity index (χ1) is 13.5. The summed E-state index contributed by atoms with van der Waals surface area (Å²) in [7, 11) is 6.94. The number of benzene rings is 2. The fourth-order valence-electron chi connectivity index (χ4n) is 3.17. The molecule has 1 aromatic heterocycles. The Morgan fingerprint density at radius 1 is 0.929 bits per heavy atom. The highest BCUT2D eigenvalue weighted by Gasteiger charge is 2.17. The molecular weight excluding hydrogens is 358 g/mol. The van der Waals surface area contributed by atoms with E-state index in [1.54, 1.807) is 16.7 Å². The number of likely N-dealkylation sites (N-methyl/N-ethyl adjacent to an activating group) is 1. The molecule has 2 aromatic carbocycles. The average Bonchev–Trinajstić information content (AvgIpc) is 2.70. The van der Waals surface area contributed by atoms with Gasteiger partial charge in [0.25, 0.3) is 5.56 Å². The molecule has 7 nitrogen and oxygen atoms in total. The molecule has 0 unspecified atom stereocenters. The molecule has 0 radical (unpaired) electrons. The van der Waals surface area contributed by atoms with Crippen LogP contribution >= 0.6 is 0 Å². The van der Waals surface area contributed by atoms with Crippen LogP contribution in [0.2, 0.25) is 0 Å². The third kappa shape index (κ3) is 3.80. The van der Waals surface area contributed by atoms with E-state index in [0.717, 1.165) is 5.56 Å². The Hall–Kier alpha value is -3.06. The Morgan fingerprint density at radius 2 is 1.57 bits per heavy atom. The Bertz CT molecular complexity index is 1080. The zero-order chi connectivity index (χ0) is 20.3. The Morgan fingerprint density at radius 3 is 2.18 bits per heavy atom. The molecular formula is C21H25N3O4. The summed E-state index contributed by atoms with van der Waals surface area (Å²) in [6, 6.07) is 12.8. The van der Waals surface area contributed by atoms with Gasteiger partial charge in [0.1, 0.15) is 0 Å². The quantitative estimate of drug-likeness (QED) is 0.622. The minimum atomic E-state index is -0.342. The monoisotopic (exact) mass is 383 g/mol. The smallest absolute Gasteiger partial charge is 0.331 e. The highest BCUT2D eigenvalue weighted by Crippen LogP contribution is 2.30. The van der Waals surface area contributed by atoms with Crippen molar-refractivity contribution in [2.75, 3.05) is 34.9 Å². The first kappa shape index (κ1) is 19.7. The molecule has 0 saturated heterocycles. The van der Waals surface area contributed by atoms with E-state index in [0.29, 0.717) is 35.5 Å². The van der Waals surface area contributed by atoms with E-state index in [1.165, 1.54) is 18.8 Å². The van der Waals surface area contributed by atoms with Crippen molar-refractivity contribution in [2.24, 2.45) is 0 Å². The average molecular weight is 383 g/mol. The van der Waals surface area contributed by atoms with Crippen LogP contribution in [0.15, 0.2) is 52.1 Å². The lowest BCUT2D eigenvalue weighted by molar-refractivity contribution is 0.355. The fourth-order valence-corrected chi connectivity index (χ4v) is 3.17. The predicted octanol–water partition coefficient (Wildman–Crippen LogP) is 1.79. The van der Waals surface area contributed by atoms with Crippen molar-refractivity contribution in [3.05, 3.63) is 68.9 Å². The highest BCUT2D eigenvalue weighted by atomic mass is 16.5. The van der Waals surface area contributed by atoms with Gasteiger partial charge in [0.05, 0.1) is 31.7 Å². The van der Waals surface area contributed by atoms with Crippen molar-refractivity contribution < 1.29 is 9.47 Å². The third-order valence-corrected chi connectivity index (χ3v) is 4.68. The van der Waals surface area contributed by atoms with Crippen molar-refractivity contribution in [1.29, 1.82) is 0 Å². The van der Waals surface area contributed by atoms with Gasteiger partial charge in [-0.2, -0.15) is 0 Å². The van der Waals surface area contributed by atoms with Crippen LogP contribution in [-0.4, -0.2) is 48.9 Å². The van der Waals surface area contributed by atoms with Gasteiger partial charge in [-0.25, -0.2) is 4.79 Å². The van der Waals surface area contributed by atoms with Gasteiger partial charge >= 0.3 is 5.69 Å². The summed E-state index contributed by atoms with van der Waals surface area (Å²) in [6.07, 6.45) is 0. The minimum absolute atomic E-state index is 0.213. The number of hydrogen-bond donors (Lipinski definition) is 0. The first-order valence-electron chi connectivity index (χ1n) is 9.04. The van der Waals surface area contributed by atoms with Gasteiger partial charge in [0.15, 0.2) is 11.5 Å². The van der Waals surface area contributed by atoms with Crippen molar-refractivity contribution in [1.82, 2.24) is 14.0 Å². The second kappa shape index (κ2) is 8.31. The van der Waals surface area contributed by atoms with Gasteiger partial charge in [0, 0.05) is 19.2 Å². The molecule has 3 rings (SSSR count). The third-order valence-electron chi connectivity index (χ3n) is 4.68. The topological polar surface area (TPSA) is 65.7 Å². The van der Waals surface area contributed by atoms with Crippen LogP contribution in [0.4, 0.5) is 0 Å². The normalized spacial score (nSPS) is 11.2. The van der Waals surface area contributed by atoms with Crippen molar-refractivity contribution in [2.45, 2.75) is 13.1 Å². The Kier molecular flexibility index (Phi) is 5.84. The highest BCUT2D eigenvalue weighted by molar-refractivity contribution is 5.82. The predicted molar refractivity (Wildman–Crippen MR) is 110 cm³/mol. The fraction of sp³-hybridized carbons (Fsp3) is 0.333. The van der Waals surface area contributed by atoms with Gasteiger partial charge in [-0.15, -0.1) is 0 Å². The van der Waals surface area contributed by atoms with E-state index in [4.69, 9.17) is 9.47 Å². The van der Waals surface area contributed by atoms with E-state index in [1.807, 2.05) is 49.3 Å². The molecule has 0 amide bonds. The summed E-state index contributed by atoms with van der Waals surface area (Å²) >= 11 is 0. The number of rotatable bonds is 7. The Labute approximate surface area is 163 Å². The van der Waals surface area contributed by atoms with Crippen LogP contribution in [0.3, 0.4) is 0 Å². The van der Waals surface area contributed by atoms with Gasteiger partial charge in [0.2, 0.25) is 0 Å². The van der Waals surface area contributed by atoms with Crippen LogP contribution < -0.4 is 20.7 Å². The van der Waals surface area contributed by atoms with Gasteiger partial charge in [-0.1, -0.05) is 30.3 Å². The maximum Gasteiger partial charge on any atom is 0.331 e. The lowest BCUT2D eigenvalue weighted by Gasteiger charge is -2.18. The zero-order valence-corrected chi connectivity index (χ0v) is 16.6. The molecule has 0 atom stereocenters. The summed E-state index contributed by atoms with van der Waals surface area (Å²) < 4.78 is 13.6. The van der Waals surface area contributed by atoms with Crippen molar-refractivity contribution in [3.63, 3.8) is 0 Å². The summed E-state index contributed by atoms with van der Waals surface area (Å²) in [6.45, 7) is 1.32. The van der Waals surface area contributed by atoms with Crippen LogP contribution in [-0.2, 0) is 13.1 Å². The van der Waals surface area contributed by atoms with E-state index in [2.05, 4.69) is 0 Å². The van der Waals surface area contributed by atoms with Gasteiger partial charge in [-0.3, -0.25) is 13.9 Å². The molecule has 0 fully saturated rings. The molecule has 3 aromatic rings. The van der Waals surface area contributed by atoms with E-state index < -0.39 is 0 Å². The molecule has 0 aliphatic rings. The minimum Gasteiger partial charge on any atom is -0.493 e. The lowest BCUT2D eigenvalue weighted by atomic mass is 10.2. The molecule has 0 aliphatic heterocycles. The molecule has 28 heavy (non-hydrogen) atoms. The number of fused-ring (bicyclic) bond motifs is 1. The largest absolute Gasteiger partial charge is 0.493 e. The first-order valence-corrected chi connectivity index (χ1v) is 9.04. The number of hydrogen-bond acceptors (Lipinski definition) is 5. The summed E-state index contributed by atoms with van der Waals surface area (Å²) in [5.74, 6) is 0.935. The summed E-state index contributed by atoms with van der Waals surface area (Å²) in [5, 5.41) is 0.423. The number of ether oxygens (including phenoxy) is 2. The van der Waals surface area contributed by atoms with Crippen molar-refractivity contribution >= 4 is 10.9 Å². The molecule has 0 saturated carbocycles. The van der Waals surface area contributed by atoms with Crippen molar-refractivity contribution in [3.8, 4) is 11.5 Å². The summed E-state index contributed by atoms with van der Waals surface area (Å²) in [5.41, 5.74) is 0.751. The second-order valence-corrected chi connectivity index (χ2v) is 6.84. The van der Waals surface area contributed by atoms with Crippen LogP contribution in [0, 0.1) is 0 Å². The standard InChI is InChI=1S/C21H25N3O4/c1-22(2)10-11-23-17-13-19(28-4)18(27-3)12-16(17)20(25)24(21(23)26)14-15-8-6-5-7-9-15/h5-9,12-13H,10-11,14H2,1-4H3. The maximum atomic E-state index is 13.2. The lowest BCUT2D eigenvalue weighted by Crippen LogP contribution is -2.41. The molecule has 0 N–H and O–H groups in total. The summed E-state index contributed by atoms with van der Waals surface area (Å²) in [4.78, 5) is 28.4. The Balaban J connectivity index is 2.28. The molecule has 0 bridgehead atoms. The van der Waals surface area contributed by atoms with Crippen LogP contribution in [0.5, 0.6) is 11.5 Å². The number of nitrogens with zero attached hydrogens (tertiary/aromatic N) is 3. The van der Waals surface area contributed by atoms with Crippen LogP contribution in [0.1, 0.15) is 5.56 Å². The molecule has 0 aliphatic carbocycles.